The zero-order valence-corrected chi connectivity index (χ0v) is 9.70. The molecule has 1 saturated heterocycles. The lowest BCUT2D eigenvalue weighted by Gasteiger charge is -2.26. The normalized spacial score (nSPS) is 23.6. The smallest absolute Gasteiger partial charge is 0.123 e. The van der Waals surface area contributed by atoms with Crippen molar-refractivity contribution in [2.45, 2.75) is 19.4 Å². The summed E-state index contributed by atoms with van der Waals surface area (Å²) in [6.45, 7) is 5.05. The molecule has 0 aromatic heterocycles. The summed E-state index contributed by atoms with van der Waals surface area (Å²) in [4.78, 5) is 2.40. The molecule has 2 atom stereocenters. The van der Waals surface area contributed by atoms with Gasteiger partial charge in [0.15, 0.2) is 0 Å². The third-order valence-corrected chi connectivity index (χ3v) is 3.37. The lowest BCUT2D eigenvalue weighted by Crippen LogP contribution is -2.31. The van der Waals surface area contributed by atoms with Crippen molar-refractivity contribution in [1.29, 1.82) is 0 Å². The van der Waals surface area contributed by atoms with Crippen molar-refractivity contribution in [3.05, 3.63) is 35.6 Å². The standard InChI is InChI=1S/C13H19FN2/c1-10-6-7-16(9-10)13(8-15)11-2-4-12(14)5-3-11/h2-5,10,13H,6-9,15H2,1H3. The quantitative estimate of drug-likeness (QED) is 0.849. The number of likely N-dealkylation sites (tertiary alicyclic amines) is 1. The fourth-order valence-corrected chi connectivity index (χ4v) is 2.43. The molecule has 0 bridgehead atoms. The van der Waals surface area contributed by atoms with E-state index in [1.54, 1.807) is 0 Å². The molecule has 1 aliphatic heterocycles. The Hall–Kier alpha value is -0.930. The van der Waals surface area contributed by atoms with Crippen molar-refractivity contribution in [3.8, 4) is 0 Å². The van der Waals surface area contributed by atoms with E-state index in [4.69, 9.17) is 5.73 Å². The number of hydrogen-bond acceptors (Lipinski definition) is 2. The molecule has 0 amide bonds. The molecule has 1 heterocycles. The Morgan fingerprint density at radius 2 is 2.12 bits per heavy atom. The minimum atomic E-state index is -0.186. The average molecular weight is 222 g/mol. The summed E-state index contributed by atoms with van der Waals surface area (Å²) in [5, 5.41) is 0. The Kier molecular flexibility index (Phi) is 3.56. The monoisotopic (exact) mass is 222 g/mol. The van der Waals surface area contributed by atoms with Gasteiger partial charge in [0.1, 0.15) is 5.82 Å². The van der Waals surface area contributed by atoms with Crippen LogP contribution in [0.2, 0.25) is 0 Å². The molecule has 1 aliphatic rings. The predicted octanol–water partition coefficient (Wildman–Crippen LogP) is 2.17. The summed E-state index contributed by atoms with van der Waals surface area (Å²) in [7, 11) is 0. The van der Waals surface area contributed by atoms with Crippen LogP contribution in [0.25, 0.3) is 0 Å². The SMILES string of the molecule is CC1CCN(C(CN)c2ccc(F)cc2)C1. The Morgan fingerprint density at radius 3 is 2.62 bits per heavy atom. The van der Waals surface area contributed by atoms with Gasteiger partial charge in [0, 0.05) is 19.1 Å². The fraction of sp³-hybridized carbons (Fsp3) is 0.538. The molecule has 2 unspecified atom stereocenters. The first-order valence-corrected chi connectivity index (χ1v) is 5.90. The van der Waals surface area contributed by atoms with Crippen LogP contribution in [0.4, 0.5) is 4.39 Å². The van der Waals surface area contributed by atoms with Gasteiger partial charge >= 0.3 is 0 Å². The van der Waals surface area contributed by atoms with Crippen molar-refractivity contribution in [3.63, 3.8) is 0 Å². The summed E-state index contributed by atoms with van der Waals surface area (Å²) in [5.41, 5.74) is 6.96. The highest BCUT2D eigenvalue weighted by Gasteiger charge is 2.25. The molecular formula is C13H19FN2. The molecule has 88 valence electrons. The molecule has 0 saturated carbocycles. The molecule has 0 aliphatic carbocycles. The predicted molar refractivity (Wildman–Crippen MR) is 63.5 cm³/mol. The van der Waals surface area contributed by atoms with Crippen LogP contribution in [0.3, 0.4) is 0 Å². The lowest BCUT2D eigenvalue weighted by atomic mass is 10.1. The molecule has 0 radical (unpaired) electrons. The zero-order chi connectivity index (χ0) is 11.5. The van der Waals surface area contributed by atoms with E-state index in [1.807, 2.05) is 12.1 Å². The van der Waals surface area contributed by atoms with Gasteiger partial charge in [-0.15, -0.1) is 0 Å². The molecular weight excluding hydrogens is 203 g/mol. The van der Waals surface area contributed by atoms with Crippen LogP contribution in [0, 0.1) is 11.7 Å². The maximum absolute atomic E-state index is 12.8. The summed E-state index contributed by atoms with van der Waals surface area (Å²) in [6, 6.07) is 6.95. The van der Waals surface area contributed by atoms with Crippen LogP contribution >= 0.6 is 0 Å². The number of hydrogen-bond donors (Lipinski definition) is 1. The molecule has 3 heteroatoms. The molecule has 1 aromatic rings. The third kappa shape index (κ3) is 2.42. The van der Waals surface area contributed by atoms with E-state index >= 15 is 0 Å². The topological polar surface area (TPSA) is 29.3 Å². The highest BCUT2D eigenvalue weighted by atomic mass is 19.1. The first kappa shape index (κ1) is 11.6. The van der Waals surface area contributed by atoms with Crippen molar-refractivity contribution < 1.29 is 4.39 Å². The Morgan fingerprint density at radius 1 is 1.44 bits per heavy atom. The molecule has 2 rings (SSSR count). The minimum absolute atomic E-state index is 0.186. The Labute approximate surface area is 96.2 Å². The van der Waals surface area contributed by atoms with Crippen molar-refractivity contribution >= 4 is 0 Å². The molecule has 0 spiro atoms. The molecule has 1 aromatic carbocycles. The van der Waals surface area contributed by atoms with Crippen LogP contribution in [0.1, 0.15) is 24.9 Å². The van der Waals surface area contributed by atoms with Crippen LogP contribution in [0.15, 0.2) is 24.3 Å². The van der Waals surface area contributed by atoms with Crippen LogP contribution in [-0.2, 0) is 0 Å². The van der Waals surface area contributed by atoms with Gasteiger partial charge in [0.2, 0.25) is 0 Å². The summed E-state index contributed by atoms with van der Waals surface area (Å²) in [6.07, 6.45) is 1.23. The van der Waals surface area contributed by atoms with Crippen LogP contribution in [0.5, 0.6) is 0 Å². The zero-order valence-electron chi connectivity index (χ0n) is 9.70. The van der Waals surface area contributed by atoms with Crippen molar-refractivity contribution in [2.75, 3.05) is 19.6 Å². The van der Waals surface area contributed by atoms with Crippen LogP contribution < -0.4 is 5.73 Å². The minimum Gasteiger partial charge on any atom is -0.329 e. The summed E-state index contributed by atoms with van der Waals surface area (Å²) >= 11 is 0. The van der Waals surface area contributed by atoms with E-state index in [2.05, 4.69) is 11.8 Å². The highest BCUT2D eigenvalue weighted by molar-refractivity contribution is 5.20. The Balaban J connectivity index is 2.13. The van der Waals surface area contributed by atoms with Gasteiger partial charge in [0.05, 0.1) is 0 Å². The summed E-state index contributed by atoms with van der Waals surface area (Å²) < 4.78 is 12.8. The first-order valence-electron chi connectivity index (χ1n) is 5.90. The van der Waals surface area contributed by atoms with Crippen molar-refractivity contribution in [2.24, 2.45) is 11.7 Å². The maximum atomic E-state index is 12.8. The molecule has 2 nitrogen and oxygen atoms in total. The van der Waals surface area contributed by atoms with E-state index in [9.17, 15) is 4.39 Å². The summed E-state index contributed by atoms with van der Waals surface area (Å²) in [5.74, 6) is 0.559. The number of rotatable bonds is 3. The van der Waals surface area contributed by atoms with E-state index in [-0.39, 0.29) is 11.9 Å². The molecule has 16 heavy (non-hydrogen) atoms. The molecule has 1 fully saturated rings. The van der Waals surface area contributed by atoms with Gasteiger partial charge in [-0.25, -0.2) is 4.39 Å². The number of nitrogens with two attached hydrogens (primary N) is 1. The van der Waals surface area contributed by atoms with Gasteiger partial charge in [-0.05, 0) is 36.6 Å². The molecule has 2 N–H and O–H groups in total. The van der Waals surface area contributed by atoms with Gasteiger partial charge in [-0.1, -0.05) is 19.1 Å². The lowest BCUT2D eigenvalue weighted by molar-refractivity contribution is 0.243. The van der Waals surface area contributed by atoms with Gasteiger partial charge in [0.25, 0.3) is 0 Å². The second-order valence-corrected chi connectivity index (χ2v) is 4.69. The van der Waals surface area contributed by atoms with E-state index in [1.165, 1.54) is 18.6 Å². The van der Waals surface area contributed by atoms with Gasteiger partial charge < -0.3 is 5.73 Å². The first-order chi connectivity index (χ1) is 7.70. The van der Waals surface area contributed by atoms with E-state index in [0.717, 1.165) is 24.6 Å². The maximum Gasteiger partial charge on any atom is 0.123 e. The Bertz CT molecular complexity index is 336. The van der Waals surface area contributed by atoms with Gasteiger partial charge in [-0.2, -0.15) is 0 Å². The highest BCUT2D eigenvalue weighted by Crippen LogP contribution is 2.26. The largest absolute Gasteiger partial charge is 0.329 e. The van der Waals surface area contributed by atoms with Gasteiger partial charge in [-0.3, -0.25) is 4.90 Å². The fourth-order valence-electron chi connectivity index (χ4n) is 2.43. The second-order valence-electron chi connectivity index (χ2n) is 4.69. The number of benzene rings is 1. The van der Waals surface area contributed by atoms with Crippen molar-refractivity contribution in [1.82, 2.24) is 4.90 Å². The van der Waals surface area contributed by atoms with Crippen LogP contribution in [-0.4, -0.2) is 24.5 Å². The number of halogens is 1. The average Bonchev–Trinajstić information content (AvgIpc) is 2.69. The number of nitrogens with zero attached hydrogens (tertiary/aromatic N) is 1. The third-order valence-electron chi connectivity index (χ3n) is 3.37. The van der Waals surface area contributed by atoms with E-state index in [0.29, 0.717) is 6.54 Å². The second kappa shape index (κ2) is 4.93. The van der Waals surface area contributed by atoms with E-state index < -0.39 is 0 Å².